The van der Waals surface area contributed by atoms with Crippen LogP contribution in [0.25, 0.3) is 0 Å². The molecule has 15 heavy (non-hydrogen) atoms. The third kappa shape index (κ3) is 3.03. The lowest BCUT2D eigenvalue weighted by Gasteiger charge is -2.04. The second kappa shape index (κ2) is 4.41. The number of carbonyl (C=O) groups excluding carboxylic acids is 1. The summed E-state index contributed by atoms with van der Waals surface area (Å²) in [5, 5.41) is 0. The third-order valence-electron chi connectivity index (χ3n) is 1.65. The molecule has 0 aliphatic rings. The number of hydrogen-bond donors (Lipinski definition) is 1. The van der Waals surface area contributed by atoms with Crippen LogP contribution in [0.4, 0.5) is 0 Å². The van der Waals surface area contributed by atoms with Gasteiger partial charge in [0.2, 0.25) is 10.0 Å². The van der Waals surface area contributed by atoms with Crippen molar-refractivity contribution in [2.24, 2.45) is 0 Å². The molecule has 0 unspecified atom stereocenters. The highest BCUT2D eigenvalue weighted by atomic mass is 32.2. The fourth-order valence-corrected chi connectivity index (χ4v) is 1.75. The average molecular weight is 229 g/mol. The van der Waals surface area contributed by atoms with E-state index >= 15 is 0 Å². The van der Waals surface area contributed by atoms with Crippen molar-refractivity contribution in [1.82, 2.24) is 4.72 Å². The van der Waals surface area contributed by atoms with E-state index in [0.29, 0.717) is 0 Å². The molecule has 0 saturated carbocycles. The van der Waals surface area contributed by atoms with Crippen LogP contribution in [0.3, 0.4) is 0 Å². The Labute approximate surface area is 88.1 Å². The van der Waals surface area contributed by atoms with Gasteiger partial charge >= 0.3 is 5.97 Å². The van der Waals surface area contributed by atoms with Crippen molar-refractivity contribution in [2.75, 3.05) is 7.05 Å². The maximum atomic E-state index is 11.4. The summed E-state index contributed by atoms with van der Waals surface area (Å²) in [6.07, 6.45) is 0. The highest BCUT2D eigenvalue weighted by Crippen LogP contribution is 2.17. The lowest BCUT2D eigenvalue weighted by Crippen LogP contribution is -2.18. The number of esters is 1. The Morgan fingerprint density at radius 2 is 2.07 bits per heavy atom. The molecule has 5 nitrogen and oxygen atoms in total. The molecule has 1 aromatic rings. The Bertz CT molecular complexity index is 467. The molecule has 1 N–H and O–H groups in total. The largest absolute Gasteiger partial charge is 0.427 e. The van der Waals surface area contributed by atoms with Gasteiger partial charge in [-0.25, -0.2) is 13.1 Å². The van der Waals surface area contributed by atoms with Gasteiger partial charge in [-0.2, -0.15) is 0 Å². The predicted octanol–water partition coefficient (Wildman–Crippen LogP) is 0.520. The van der Waals surface area contributed by atoms with Crippen LogP contribution >= 0.6 is 0 Å². The van der Waals surface area contributed by atoms with Gasteiger partial charge in [0.25, 0.3) is 0 Å². The molecule has 0 saturated heterocycles. The number of benzene rings is 1. The van der Waals surface area contributed by atoms with Gasteiger partial charge in [0, 0.05) is 13.0 Å². The van der Waals surface area contributed by atoms with Crippen LogP contribution < -0.4 is 9.46 Å². The first-order valence-corrected chi connectivity index (χ1v) is 5.66. The molecule has 0 aliphatic carbocycles. The van der Waals surface area contributed by atoms with Crippen molar-refractivity contribution in [3.63, 3.8) is 0 Å². The number of rotatable bonds is 3. The Balaban J connectivity index is 3.08. The summed E-state index contributed by atoms with van der Waals surface area (Å²) in [7, 11) is -2.18. The average Bonchev–Trinajstić information content (AvgIpc) is 2.17. The molecule has 0 spiro atoms. The second-order valence-electron chi connectivity index (χ2n) is 2.78. The standard InChI is InChI=1S/C9H11NO4S/c1-7(11)14-8-4-3-5-9(6-8)15(12,13)10-2/h3-6,10H,1-2H3. The molecule has 0 fully saturated rings. The van der Waals surface area contributed by atoms with Gasteiger partial charge in [-0.1, -0.05) is 6.07 Å². The van der Waals surface area contributed by atoms with Crippen LogP contribution in [-0.2, 0) is 14.8 Å². The fraction of sp³-hybridized carbons (Fsp3) is 0.222. The van der Waals surface area contributed by atoms with Crippen molar-refractivity contribution in [3.05, 3.63) is 24.3 Å². The first-order valence-electron chi connectivity index (χ1n) is 4.18. The van der Waals surface area contributed by atoms with Crippen LogP contribution in [0.15, 0.2) is 29.2 Å². The van der Waals surface area contributed by atoms with Gasteiger partial charge < -0.3 is 4.74 Å². The van der Waals surface area contributed by atoms with E-state index in [2.05, 4.69) is 4.72 Å². The number of hydrogen-bond acceptors (Lipinski definition) is 4. The zero-order valence-electron chi connectivity index (χ0n) is 8.35. The van der Waals surface area contributed by atoms with E-state index in [1.165, 1.54) is 38.2 Å². The molecule has 0 aliphatic heterocycles. The summed E-state index contributed by atoms with van der Waals surface area (Å²) < 4.78 is 29.7. The quantitative estimate of drug-likeness (QED) is 0.606. The third-order valence-corrected chi connectivity index (χ3v) is 3.06. The molecule has 0 atom stereocenters. The monoisotopic (exact) mass is 229 g/mol. The van der Waals surface area contributed by atoms with Crippen LogP contribution in [0.2, 0.25) is 0 Å². The molecule has 0 bridgehead atoms. The van der Waals surface area contributed by atoms with Crippen molar-refractivity contribution < 1.29 is 17.9 Å². The number of nitrogens with one attached hydrogen (secondary N) is 1. The Hall–Kier alpha value is -1.40. The highest BCUT2D eigenvalue weighted by molar-refractivity contribution is 7.89. The summed E-state index contributed by atoms with van der Waals surface area (Å²) in [5.41, 5.74) is 0. The minimum atomic E-state index is -3.50. The fourth-order valence-electron chi connectivity index (χ4n) is 0.989. The predicted molar refractivity (Wildman–Crippen MR) is 54.0 cm³/mol. The molecule has 0 heterocycles. The van der Waals surface area contributed by atoms with E-state index in [1.807, 2.05) is 0 Å². The second-order valence-corrected chi connectivity index (χ2v) is 4.66. The molecule has 0 radical (unpaired) electrons. The van der Waals surface area contributed by atoms with E-state index in [9.17, 15) is 13.2 Å². The molecule has 1 rings (SSSR count). The van der Waals surface area contributed by atoms with E-state index in [0.717, 1.165) is 0 Å². The van der Waals surface area contributed by atoms with Crippen molar-refractivity contribution in [3.8, 4) is 5.75 Å². The summed E-state index contributed by atoms with van der Waals surface area (Å²) in [4.78, 5) is 10.7. The smallest absolute Gasteiger partial charge is 0.308 e. The SMILES string of the molecule is CNS(=O)(=O)c1cccc(OC(C)=O)c1. The Morgan fingerprint density at radius 1 is 1.40 bits per heavy atom. The van der Waals surface area contributed by atoms with Gasteiger partial charge in [-0.05, 0) is 19.2 Å². The van der Waals surface area contributed by atoms with Gasteiger partial charge in [-0.3, -0.25) is 4.79 Å². The molecule has 6 heteroatoms. The minimum Gasteiger partial charge on any atom is -0.427 e. The summed E-state index contributed by atoms with van der Waals surface area (Å²) in [6.45, 7) is 1.25. The van der Waals surface area contributed by atoms with Gasteiger partial charge in [-0.15, -0.1) is 0 Å². The minimum absolute atomic E-state index is 0.0590. The van der Waals surface area contributed by atoms with Crippen LogP contribution in [-0.4, -0.2) is 21.4 Å². The highest BCUT2D eigenvalue weighted by Gasteiger charge is 2.12. The van der Waals surface area contributed by atoms with Crippen molar-refractivity contribution in [2.45, 2.75) is 11.8 Å². The first kappa shape index (κ1) is 11.7. The van der Waals surface area contributed by atoms with E-state index in [-0.39, 0.29) is 10.6 Å². The number of carbonyl (C=O) groups is 1. The topological polar surface area (TPSA) is 72.5 Å². The maximum absolute atomic E-state index is 11.4. The van der Waals surface area contributed by atoms with E-state index in [1.54, 1.807) is 0 Å². The Morgan fingerprint density at radius 3 is 2.60 bits per heavy atom. The maximum Gasteiger partial charge on any atom is 0.308 e. The Kier molecular flexibility index (Phi) is 3.43. The molecular weight excluding hydrogens is 218 g/mol. The van der Waals surface area contributed by atoms with E-state index < -0.39 is 16.0 Å². The zero-order chi connectivity index (χ0) is 11.5. The molecule has 1 aromatic carbocycles. The molecular formula is C9H11NO4S. The first-order chi connectivity index (χ1) is 6.95. The van der Waals surface area contributed by atoms with Gasteiger partial charge in [0.1, 0.15) is 5.75 Å². The number of ether oxygens (including phenoxy) is 1. The van der Waals surface area contributed by atoms with Crippen LogP contribution in [0.5, 0.6) is 5.75 Å². The van der Waals surface area contributed by atoms with Crippen molar-refractivity contribution in [1.29, 1.82) is 0 Å². The molecule has 0 amide bonds. The van der Waals surface area contributed by atoms with Crippen LogP contribution in [0.1, 0.15) is 6.92 Å². The summed E-state index contributed by atoms with van der Waals surface area (Å²) >= 11 is 0. The summed E-state index contributed by atoms with van der Waals surface area (Å²) in [5.74, 6) is -0.284. The van der Waals surface area contributed by atoms with Gasteiger partial charge in [0.05, 0.1) is 4.90 Å². The lowest BCUT2D eigenvalue weighted by molar-refractivity contribution is -0.131. The molecule has 82 valence electrons. The normalized spacial score (nSPS) is 11.1. The van der Waals surface area contributed by atoms with Gasteiger partial charge in [0.15, 0.2) is 0 Å². The lowest BCUT2D eigenvalue weighted by atomic mass is 10.3. The summed E-state index contributed by atoms with van der Waals surface area (Å²) in [6, 6.07) is 5.71. The van der Waals surface area contributed by atoms with Crippen molar-refractivity contribution >= 4 is 16.0 Å². The number of sulfonamides is 1. The molecule has 0 aromatic heterocycles. The zero-order valence-corrected chi connectivity index (χ0v) is 9.17. The van der Waals surface area contributed by atoms with E-state index in [4.69, 9.17) is 4.74 Å². The van der Waals surface area contributed by atoms with Crippen LogP contribution in [0, 0.1) is 0 Å².